The Kier molecular flexibility index (Phi) is 5.12. The number of nitrogens with zero attached hydrogens (tertiary/aromatic N) is 3. The molecule has 0 fully saturated rings. The lowest BCUT2D eigenvalue weighted by atomic mass is 10.2. The number of aryl methyl sites for hydroxylation is 1. The molecule has 0 bridgehead atoms. The highest BCUT2D eigenvalue weighted by atomic mass is 32.2. The predicted octanol–water partition coefficient (Wildman–Crippen LogP) is 4.36. The maximum Gasteiger partial charge on any atom is 0.260 e. The van der Waals surface area contributed by atoms with Crippen molar-refractivity contribution < 1.29 is 4.79 Å². The topological polar surface area (TPSA) is 78.7 Å². The lowest BCUT2D eigenvalue weighted by molar-refractivity contribution is 0.102. The first kappa shape index (κ1) is 17.1. The van der Waals surface area contributed by atoms with Crippen LogP contribution in [-0.2, 0) is 0 Å². The summed E-state index contributed by atoms with van der Waals surface area (Å²) >= 11 is 2.98. The molecule has 2 aromatic heterocycles. The number of thioether (sulfide) groups is 1. The number of aromatic nitrogens is 2. The van der Waals surface area contributed by atoms with Crippen molar-refractivity contribution in [3.63, 3.8) is 0 Å². The van der Waals surface area contributed by atoms with Gasteiger partial charge in [-0.1, -0.05) is 6.07 Å². The molecule has 2 heterocycles. The van der Waals surface area contributed by atoms with Crippen LogP contribution in [-0.4, -0.2) is 22.1 Å². The molecule has 1 aromatic carbocycles. The Hall–Kier alpha value is -2.69. The Morgan fingerprint density at radius 3 is 2.60 bits per heavy atom. The monoisotopic (exact) mass is 366 g/mol. The van der Waals surface area contributed by atoms with Crippen LogP contribution in [0.25, 0.3) is 10.7 Å². The van der Waals surface area contributed by atoms with Crippen LogP contribution >= 0.6 is 23.1 Å². The summed E-state index contributed by atoms with van der Waals surface area (Å²) in [6.07, 6.45) is 1.89. The minimum Gasteiger partial charge on any atom is -0.322 e. The SMILES string of the molecule is CSc1nc(-c2cccs2)nc(C)c1C(=O)Nc1ccc(C#N)cc1. The van der Waals surface area contributed by atoms with Gasteiger partial charge in [-0.3, -0.25) is 4.79 Å². The standard InChI is InChI=1S/C18H14N4OS2/c1-11-15(17(23)21-13-7-5-12(10-19)6-8-13)18(24-2)22-16(20-11)14-4-3-9-25-14/h3-9H,1-2H3,(H,21,23). The van der Waals surface area contributed by atoms with Crippen LogP contribution in [0.1, 0.15) is 21.6 Å². The van der Waals surface area contributed by atoms with Crippen molar-refractivity contribution in [2.24, 2.45) is 0 Å². The summed E-state index contributed by atoms with van der Waals surface area (Å²) in [4.78, 5) is 22.7. The minimum absolute atomic E-state index is 0.260. The fourth-order valence-electron chi connectivity index (χ4n) is 2.29. The number of nitrogens with one attached hydrogen (secondary N) is 1. The average molecular weight is 366 g/mol. The third kappa shape index (κ3) is 3.71. The van der Waals surface area contributed by atoms with Crippen LogP contribution < -0.4 is 5.32 Å². The summed E-state index contributed by atoms with van der Waals surface area (Å²) in [5.41, 5.74) is 2.27. The Morgan fingerprint density at radius 1 is 1.24 bits per heavy atom. The van der Waals surface area contributed by atoms with Gasteiger partial charge < -0.3 is 5.32 Å². The number of amides is 1. The highest BCUT2D eigenvalue weighted by Crippen LogP contribution is 2.27. The summed E-state index contributed by atoms with van der Waals surface area (Å²) in [6.45, 7) is 1.81. The van der Waals surface area contributed by atoms with E-state index in [9.17, 15) is 4.79 Å². The molecule has 0 aliphatic heterocycles. The van der Waals surface area contributed by atoms with E-state index in [2.05, 4.69) is 21.4 Å². The molecule has 124 valence electrons. The molecule has 3 aromatic rings. The molecule has 0 spiro atoms. The van der Waals surface area contributed by atoms with Crippen molar-refractivity contribution in [2.45, 2.75) is 11.9 Å². The largest absolute Gasteiger partial charge is 0.322 e. The number of thiophene rings is 1. The van der Waals surface area contributed by atoms with Gasteiger partial charge >= 0.3 is 0 Å². The van der Waals surface area contributed by atoms with E-state index >= 15 is 0 Å². The van der Waals surface area contributed by atoms with Crippen molar-refractivity contribution >= 4 is 34.7 Å². The highest BCUT2D eigenvalue weighted by Gasteiger charge is 2.19. The van der Waals surface area contributed by atoms with Crippen LogP contribution in [0.4, 0.5) is 5.69 Å². The molecule has 7 heteroatoms. The Morgan fingerprint density at radius 2 is 2.00 bits per heavy atom. The van der Waals surface area contributed by atoms with Crippen molar-refractivity contribution in [3.8, 4) is 16.8 Å². The van der Waals surface area contributed by atoms with Gasteiger partial charge in [-0.2, -0.15) is 5.26 Å². The summed E-state index contributed by atoms with van der Waals surface area (Å²) in [5.74, 6) is 0.371. The molecule has 0 aliphatic carbocycles. The third-order valence-electron chi connectivity index (χ3n) is 3.49. The summed E-state index contributed by atoms with van der Waals surface area (Å²) in [6, 6.07) is 12.7. The van der Waals surface area contributed by atoms with Gasteiger partial charge in [-0.25, -0.2) is 9.97 Å². The van der Waals surface area contributed by atoms with E-state index in [0.717, 1.165) is 4.88 Å². The lowest BCUT2D eigenvalue weighted by Crippen LogP contribution is -2.16. The first-order valence-corrected chi connectivity index (χ1v) is 9.51. The van der Waals surface area contributed by atoms with Crippen LogP contribution in [0, 0.1) is 18.3 Å². The van der Waals surface area contributed by atoms with E-state index in [1.54, 1.807) is 35.6 Å². The number of anilines is 1. The zero-order valence-corrected chi connectivity index (χ0v) is 15.2. The first-order chi connectivity index (χ1) is 12.1. The zero-order chi connectivity index (χ0) is 17.8. The molecule has 25 heavy (non-hydrogen) atoms. The quantitative estimate of drug-likeness (QED) is 0.548. The molecule has 0 atom stereocenters. The van der Waals surface area contributed by atoms with E-state index in [1.165, 1.54) is 11.8 Å². The third-order valence-corrected chi connectivity index (χ3v) is 5.04. The summed E-state index contributed by atoms with van der Waals surface area (Å²) in [7, 11) is 0. The molecule has 0 saturated heterocycles. The predicted molar refractivity (Wildman–Crippen MR) is 101 cm³/mol. The van der Waals surface area contributed by atoms with E-state index in [4.69, 9.17) is 5.26 Å². The second-order valence-electron chi connectivity index (χ2n) is 5.14. The lowest BCUT2D eigenvalue weighted by Gasteiger charge is -2.12. The smallest absolute Gasteiger partial charge is 0.260 e. The number of nitriles is 1. The Labute approximate surface area is 153 Å². The normalized spacial score (nSPS) is 10.3. The molecule has 0 aliphatic rings. The Bertz CT molecular complexity index is 944. The van der Waals surface area contributed by atoms with Gasteiger partial charge in [-0.05, 0) is 48.9 Å². The van der Waals surface area contributed by atoms with Crippen LogP contribution in [0.15, 0.2) is 46.8 Å². The summed E-state index contributed by atoms with van der Waals surface area (Å²) in [5, 5.41) is 14.3. The number of hydrogen-bond donors (Lipinski definition) is 1. The number of carbonyl (C=O) groups is 1. The van der Waals surface area contributed by atoms with Crippen LogP contribution in [0.3, 0.4) is 0 Å². The molecular formula is C18H14N4OS2. The fraction of sp³-hybridized carbons (Fsp3) is 0.111. The maximum absolute atomic E-state index is 12.7. The van der Waals surface area contributed by atoms with Gasteiger partial charge in [0.2, 0.25) is 0 Å². The van der Waals surface area contributed by atoms with Gasteiger partial charge in [-0.15, -0.1) is 23.1 Å². The second kappa shape index (κ2) is 7.47. The molecule has 3 rings (SSSR count). The molecule has 1 N–H and O–H groups in total. The molecular weight excluding hydrogens is 352 g/mol. The second-order valence-corrected chi connectivity index (χ2v) is 6.88. The number of rotatable bonds is 4. The fourth-order valence-corrected chi connectivity index (χ4v) is 3.57. The van der Waals surface area contributed by atoms with Gasteiger partial charge in [0, 0.05) is 5.69 Å². The molecule has 0 unspecified atom stereocenters. The number of hydrogen-bond acceptors (Lipinski definition) is 6. The van der Waals surface area contributed by atoms with E-state index < -0.39 is 0 Å². The maximum atomic E-state index is 12.7. The first-order valence-electron chi connectivity index (χ1n) is 7.40. The zero-order valence-electron chi connectivity index (χ0n) is 13.6. The van der Waals surface area contributed by atoms with Crippen molar-refractivity contribution in [3.05, 3.63) is 58.6 Å². The van der Waals surface area contributed by atoms with Crippen molar-refractivity contribution in [1.82, 2.24) is 9.97 Å². The van der Waals surface area contributed by atoms with E-state index in [0.29, 0.717) is 33.4 Å². The van der Waals surface area contributed by atoms with Gasteiger partial charge in [0.1, 0.15) is 5.03 Å². The molecule has 0 saturated carbocycles. The van der Waals surface area contributed by atoms with Gasteiger partial charge in [0.05, 0.1) is 27.8 Å². The Balaban J connectivity index is 1.92. The van der Waals surface area contributed by atoms with Crippen LogP contribution in [0.5, 0.6) is 0 Å². The van der Waals surface area contributed by atoms with Gasteiger partial charge in [0.15, 0.2) is 5.82 Å². The average Bonchev–Trinajstić information content (AvgIpc) is 3.16. The van der Waals surface area contributed by atoms with Crippen molar-refractivity contribution in [1.29, 1.82) is 5.26 Å². The highest BCUT2D eigenvalue weighted by molar-refractivity contribution is 7.98. The number of benzene rings is 1. The molecule has 0 radical (unpaired) electrons. The van der Waals surface area contributed by atoms with Gasteiger partial charge in [0.25, 0.3) is 5.91 Å². The van der Waals surface area contributed by atoms with Crippen molar-refractivity contribution in [2.75, 3.05) is 11.6 Å². The molecule has 5 nitrogen and oxygen atoms in total. The minimum atomic E-state index is -0.260. The summed E-state index contributed by atoms with van der Waals surface area (Å²) < 4.78 is 0. The van der Waals surface area contributed by atoms with Crippen LogP contribution in [0.2, 0.25) is 0 Å². The number of carbonyl (C=O) groups excluding carboxylic acids is 1. The van der Waals surface area contributed by atoms with E-state index in [1.807, 2.05) is 30.7 Å². The van der Waals surface area contributed by atoms with E-state index in [-0.39, 0.29) is 5.91 Å². The molecule has 1 amide bonds.